The summed E-state index contributed by atoms with van der Waals surface area (Å²) in [5.41, 5.74) is 0.0641. The van der Waals surface area contributed by atoms with Crippen LogP contribution in [0.3, 0.4) is 0 Å². The molecule has 2 aromatic rings. The van der Waals surface area contributed by atoms with Gasteiger partial charge in [0, 0.05) is 12.1 Å². The Morgan fingerprint density at radius 2 is 1.92 bits per heavy atom. The van der Waals surface area contributed by atoms with Gasteiger partial charge >= 0.3 is 0 Å². The van der Waals surface area contributed by atoms with Crippen molar-refractivity contribution in [2.24, 2.45) is 0 Å². The first kappa shape index (κ1) is 19.7. The minimum Gasteiger partial charge on any atom is -0.506 e. The van der Waals surface area contributed by atoms with E-state index in [0.29, 0.717) is 11.3 Å². The monoisotopic (exact) mass is 441 g/mol. The summed E-state index contributed by atoms with van der Waals surface area (Å²) in [4.78, 5) is 22.8. The maximum atomic E-state index is 12.5. The highest BCUT2D eigenvalue weighted by atomic mass is 79.9. The van der Waals surface area contributed by atoms with Gasteiger partial charge < -0.3 is 14.6 Å². The summed E-state index contributed by atoms with van der Waals surface area (Å²) in [5.74, 6) is -0.467. The lowest BCUT2D eigenvalue weighted by atomic mass is 10.1. The third-order valence-corrected chi connectivity index (χ3v) is 4.54. The van der Waals surface area contributed by atoms with Crippen LogP contribution in [0, 0.1) is 10.1 Å². The van der Waals surface area contributed by atoms with Crippen LogP contribution in [-0.4, -0.2) is 30.0 Å². The molecule has 7 nitrogen and oxygen atoms in total. The fourth-order valence-electron chi connectivity index (χ4n) is 2.17. The van der Waals surface area contributed by atoms with E-state index >= 15 is 0 Å². The number of carbonyl (C=O) groups excluding carboxylic acids is 1. The maximum Gasteiger partial charge on any atom is 0.288 e. The zero-order valence-corrected chi connectivity index (χ0v) is 16.0. The second kappa shape index (κ2) is 8.20. The van der Waals surface area contributed by atoms with Gasteiger partial charge in [-0.3, -0.25) is 14.9 Å². The molecule has 2 aromatic carbocycles. The van der Waals surface area contributed by atoms with Crippen LogP contribution in [-0.2, 0) is 0 Å². The van der Waals surface area contributed by atoms with Crippen LogP contribution in [0.5, 0.6) is 17.2 Å². The van der Waals surface area contributed by atoms with E-state index in [0.717, 1.165) is 0 Å². The fourth-order valence-corrected chi connectivity index (χ4v) is 2.84. The number of methoxy groups -OCH3 is 2. The van der Waals surface area contributed by atoms with Gasteiger partial charge in [0.05, 0.1) is 19.1 Å². The van der Waals surface area contributed by atoms with Gasteiger partial charge in [0.2, 0.25) is 0 Å². The number of aromatic hydroxyl groups is 1. The Labute approximate surface area is 162 Å². The summed E-state index contributed by atoms with van der Waals surface area (Å²) in [7, 11) is 2.76. The van der Waals surface area contributed by atoms with E-state index in [9.17, 15) is 20.0 Å². The number of hydrogen-bond acceptors (Lipinski definition) is 6. The van der Waals surface area contributed by atoms with Crippen LogP contribution in [0.1, 0.15) is 15.9 Å². The van der Waals surface area contributed by atoms with Gasteiger partial charge in [-0.1, -0.05) is 23.7 Å². The smallest absolute Gasteiger partial charge is 0.288 e. The van der Waals surface area contributed by atoms with Crippen molar-refractivity contribution >= 4 is 45.1 Å². The van der Waals surface area contributed by atoms with Gasteiger partial charge in [-0.15, -0.1) is 0 Å². The Kier molecular flexibility index (Phi) is 6.23. The number of nitrogens with zero attached hydrogens (tertiary/aromatic N) is 1. The van der Waals surface area contributed by atoms with Gasteiger partial charge in [0.1, 0.15) is 32.3 Å². The summed E-state index contributed by atoms with van der Waals surface area (Å²) in [6.07, 6.45) is 2.55. The lowest BCUT2D eigenvalue weighted by Gasteiger charge is -2.13. The van der Waals surface area contributed by atoms with E-state index in [1.54, 1.807) is 0 Å². The number of ketones is 1. The third-order valence-electron chi connectivity index (χ3n) is 3.45. The van der Waals surface area contributed by atoms with Crippen molar-refractivity contribution in [3.05, 3.63) is 61.1 Å². The number of phenolic OH excluding ortho intramolecular Hbond substituents is 1. The van der Waals surface area contributed by atoms with Crippen LogP contribution in [0.4, 0.5) is 5.69 Å². The number of nitro benzene ring substituents is 1. The minimum absolute atomic E-state index is 0.00289. The highest BCUT2D eigenvalue weighted by Gasteiger charge is 2.22. The molecular weight excluding hydrogens is 430 g/mol. The van der Waals surface area contributed by atoms with Crippen LogP contribution in [0.25, 0.3) is 6.08 Å². The molecule has 2 rings (SSSR count). The number of nitro groups is 1. The molecule has 0 aliphatic heterocycles. The zero-order chi connectivity index (χ0) is 19.4. The second-order valence-corrected chi connectivity index (χ2v) is 6.18. The van der Waals surface area contributed by atoms with E-state index in [1.165, 1.54) is 50.6 Å². The van der Waals surface area contributed by atoms with E-state index in [-0.39, 0.29) is 32.2 Å². The molecule has 0 aliphatic carbocycles. The zero-order valence-electron chi connectivity index (χ0n) is 13.7. The summed E-state index contributed by atoms with van der Waals surface area (Å²) < 4.78 is 10.4. The highest BCUT2D eigenvalue weighted by molar-refractivity contribution is 9.10. The van der Waals surface area contributed by atoms with E-state index in [4.69, 9.17) is 21.1 Å². The molecule has 9 heteroatoms. The Morgan fingerprint density at radius 3 is 2.50 bits per heavy atom. The van der Waals surface area contributed by atoms with Crippen molar-refractivity contribution in [1.29, 1.82) is 0 Å². The first-order chi connectivity index (χ1) is 12.3. The molecule has 136 valence electrons. The molecule has 0 saturated heterocycles. The van der Waals surface area contributed by atoms with E-state index < -0.39 is 10.7 Å². The molecule has 0 heterocycles. The van der Waals surface area contributed by atoms with Crippen LogP contribution in [0.15, 0.2) is 34.8 Å². The molecule has 0 amide bonds. The Hall–Kier alpha value is -2.58. The number of benzene rings is 2. The predicted molar refractivity (Wildman–Crippen MR) is 100 cm³/mol. The Balaban J connectivity index is 2.42. The fraction of sp³-hybridized carbons (Fsp3) is 0.118. The molecule has 0 aromatic heterocycles. The molecule has 26 heavy (non-hydrogen) atoms. The van der Waals surface area contributed by atoms with Gasteiger partial charge in [0.25, 0.3) is 5.69 Å². The minimum atomic E-state index is -0.614. The average Bonchev–Trinajstić information content (AvgIpc) is 2.62. The predicted octanol–water partition coefficient (Wildman–Crippen LogP) is 4.63. The summed E-state index contributed by atoms with van der Waals surface area (Å²) in [6.45, 7) is 0. The normalized spacial score (nSPS) is 10.8. The number of hydrogen-bond donors (Lipinski definition) is 1. The average molecular weight is 443 g/mol. The molecular formula is C17H13BrClNO6. The summed E-state index contributed by atoms with van der Waals surface area (Å²) in [5, 5.41) is 21.2. The Morgan fingerprint density at radius 1 is 1.27 bits per heavy atom. The molecule has 0 radical (unpaired) electrons. The number of carbonyl (C=O) groups is 1. The SMILES string of the molecule is COc1cc(OC)c(C(=O)/C=C/c2ccc(Cl)c([N+](=O)[O-])c2)c(O)c1Br. The largest absolute Gasteiger partial charge is 0.506 e. The first-order valence-corrected chi connectivity index (χ1v) is 8.27. The molecule has 1 N–H and O–H groups in total. The standard InChI is InChI=1S/C17H13BrClNO6/c1-25-13-8-14(26-2)16(18)17(22)15(13)12(21)6-4-9-3-5-10(19)11(7-9)20(23)24/h3-8,22H,1-2H3/b6-4+. The number of halogens is 2. The van der Waals surface area contributed by atoms with E-state index in [2.05, 4.69) is 15.9 Å². The molecule has 0 bridgehead atoms. The van der Waals surface area contributed by atoms with E-state index in [1.807, 2.05) is 0 Å². The lowest BCUT2D eigenvalue weighted by molar-refractivity contribution is -0.384. The molecule has 0 spiro atoms. The number of phenols is 1. The van der Waals surface area contributed by atoms with Gasteiger partial charge in [0.15, 0.2) is 5.78 Å². The molecule has 0 saturated carbocycles. The van der Waals surface area contributed by atoms with Crippen molar-refractivity contribution in [2.75, 3.05) is 14.2 Å². The number of rotatable bonds is 6. The molecule has 0 fully saturated rings. The third kappa shape index (κ3) is 3.97. The van der Waals surface area contributed by atoms with Crippen LogP contribution >= 0.6 is 27.5 Å². The van der Waals surface area contributed by atoms with Crippen LogP contribution < -0.4 is 9.47 Å². The van der Waals surface area contributed by atoms with Crippen molar-refractivity contribution < 1.29 is 24.3 Å². The second-order valence-electron chi connectivity index (χ2n) is 4.98. The first-order valence-electron chi connectivity index (χ1n) is 7.10. The molecule has 0 unspecified atom stereocenters. The topological polar surface area (TPSA) is 98.9 Å². The number of allylic oxidation sites excluding steroid dienone is 1. The van der Waals surface area contributed by atoms with Crippen molar-refractivity contribution in [3.63, 3.8) is 0 Å². The number of ether oxygens (including phenoxy) is 2. The summed E-state index contributed by atoms with van der Waals surface area (Å²) in [6, 6.07) is 5.59. The summed E-state index contributed by atoms with van der Waals surface area (Å²) >= 11 is 8.91. The Bertz CT molecular complexity index is 913. The highest BCUT2D eigenvalue weighted by Crippen LogP contribution is 2.42. The van der Waals surface area contributed by atoms with Gasteiger partial charge in [-0.25, -0.2) is 0 Å². The van der Waals surface area contributed by atoms with Crippen molar-refractivity contribution in [2.45, 2.75) is 0 Å². The van der Waals surface area contributed by atoms with Gasteiger partial charge in [-0.2, -0.15) is 0 Å². The van der Waals surface area contributed by atoms with Crippen molar-refractivity contribution in [3.8, 4) is 17.2 Å². The maximum absolute atomic E-state index is 12.5. The van der Waals surface area contributed by atoms with Crippen molar-refractivity contribution in [1.82, 2.24) is 0 Å². The lowest BCUT2D eigenvalue weighted by Crippen LogP contribution is -2.01. The van der Waals surface area contributed by atoms with Gasteiger partial charge in [-0.05, 0) is 33.6 Å². The quantitative estimate of drug-likeness (QED) is 0.303. The van der Waals surface area contributed by atoms with Crippen LogP contribution in [0.2, 0.25) is 5.02 Å². The molecule has 0 aliphatic rings. The molecule has 0 atom stereocenters.